The highest BCUT2D eigenvalue weighted by atomic mass is 16.5. The standard InChI is InChI=1S/C25H35N3O4/c1-5-31-23-21(13-26-24(27-23)32-6-2)25(29)19-8-7-9-20(25)16-28(15-19)14-18-12-17(3)10-11-22(18)30-4/h10-13,19-20,29H,5-9,14-16H2,1-4H3/t19-,20-/m0/s1. The van der Waals surface area contributed by atoms with Crippen molar-refractivity contribution in [1.82, 2.24) is 14.9 Å². The lowest BCUT2D eigenvalue weighted by Gasteiger charge is -2.53. The number of aryl methyl sites for hydroxylation is 1. The van der Waals surface area contributed by atoms with E-state index in [0.717, 1.165) is 44.6 Å². The summed E-state index contributed by atoms with van der Waals surface area (Å²) in [7, 11) is 1.72. The second-order valence-corrected chi connectivity index (χ2v) is 8.90. The number of fused-ring (bicyclic) bond motifs is 2. The van der Waals surface area contributed by atoms with Gasteiger partial charge in [-0.05, 0) is 39.7 Å². The molecule has 174 valence electrons. The van der Waals surface area contributed by atoms with Crippen LogP contribution in [0, 0.1) is 18.8 Å². The molecule has 0 amide bonds. The fourth-order valence-corrected chi connectivity index (χ4v) is 5.45. The van der Waals surface area contributed by atoms with Crippen molar-refractivity contribution >= 4 is 0 Å². The first-order valence-corrected chi connectivity index (χ1v) is 11.7. The molecule has 1 aromatic heterocycles. The van der Waals surface area contributed by atoms with Gasteiger partial charge >= 0.3 is 6.01 Å². The molecule has 4 rings (SSSR count). The normalized spacial score (nSPS) is 25.4. The Bertz CT molecular complexity index is 921. The molecule has 0 spiro atoms. The molecule has 1 saturated carbocycles. The number of piperidine rings is 1. The van der Waals surface area contributed by atoms with Crippen molar-refractivity contribution in [2.45, 2.75) is 52.2 Å². The third-order valence-corrected chi connectivity index (χ3v) is 6.85. The molecule has 1 N–H and O–H groups in total. The van der Waals surface area contributed by atoms with E-state index >= 15 is 0 Å². The van der Waals surface area contributed by atoms with E-state index in [4.69, 9.17) is 14.2 Å². The molecule has 2 bridgehead atoms. The SMILES string of the molecule is CCOc1ncc(C2(O)[C@H]3CCC[C@H]2CN(Cc2cc(C)ccc2OC)C3)c(OCC)n1. The minimum atomic E-state index is -0.999. The van der Waals surface area contributed by atoms with Gasteiger partial charge in [-0.3, -0.25) is 4.90 Å². The van der Waals surface area contributed by atoms with Crippen molar-refractivity contribution in [2.75, 3.05) is 33.4 Å². The summed E-state index contributed by atoms with van der Waals surface area (Å²) < 4.78 is 16.9. The minimum Gasteiger partial charge on any atom is -0.496 e. The van der Waals surface area contributed by atoms with Gasteiger partial charge < -0.3 is 19.3 Å². The summed E-state index contributed by atoms with van der Waals surface area (Å²) in [5, 5.41) is 12.1. The zero-order valence-electron chi connectivity index (χ0n) is 19.6. The summed E-state index contributed by atoms with van der Waals surface area (Å²) >= 11 is 0. The van der Waals surface area contributed by atoms with Crippen LogP contribution in [0.1, 0.15) is 49.8 Å². The Labute approximate surface area is 190 Å². The lowest BCUT2D eigenvalue weighted by atomic mass is 9.63. The summed E-state index contributed by atoms with van der Waals surface area (Å²) in [6.07, 6.45) is 4.77. The van der Waals surface area contributed by atoms with Gasteiger partial charge in [0.2, 0.25) is 5.88 Å². The van der Waals surface area contributed by atoms with Crippen molar-refractivity contribution in [2.24, 2.45) is 11.8 Å². The number of ether oxygens (including phenoxy) is 3. The van der Waals surface area contributed by atoms with Crippen LogP contribution in [0.4, 0.5) is 0 Å². The van der Waals surface area contributed by atoms with E-state index in [1.165, 1.54) is 11.1 Å². The molecule has 1 aromatic carbocycles. The zero-order chi connectivity index (χ0) is 22.7. The molecule has 1 aliphatic carbocycles. The number of hydrogen-bond acceptors (Lipinski definition) is 7. The van der Waals surface area contributed by atoms with Gasteiger partial charge in [-0.15, -0.1) is 0 Å². The van der Waals surface area contributed by atoms with Gasteiger partial charge in [0.1, 0.15) is 11.4 Å². The molecular weight excluding hydrogens is 406 g/mol. The Balaban J connectivity index is 1.62. The van der Waals surface area contributed by atoms with Gasteiger partial charge in [-0.2, -0.15) is 4.98 Å². The number of aromatic nitrogens is 2. The molecule has 2 aromatic rings. The summed E-state index contributed by atoms with van der Waals surface area (Å²) in [6, 6.07) is 6.60. The zero-order valence-corrected chi connectivity index (χ0v) is 19.6. The molecule has 2 atom stereocenters. The van der Waals surface area contributed by atoms with Gasteiger partial charge in [0.25, 0.3) is 0 Å². The van der Waals surface area contributed by atoms with Gasteiger partial charge in [-0.1, -0.05) is 24.1 Å². The summed E-state index contributed by atoms with van der Waals surface area (Å²) in [6.45, 7) is 9.31. The van der Waals surface area contributed by atoms with Gasteiger partial charge in [-0.25, -0.2) is 4.98 Å². The molecule has 7 nitrogen and oxygen atoms in total. The second-order valence-electron chi connectivity index (χ2n) is 8.90. The fourth-order valence-electron chi connectivity index (χ4n) is 5.45. The maximum absolute atomic E-state index is 12.1. The highest BCUT2D eigenvalue weighted by molar-refractivity contribution is 5.38. The first kappa shape index (κ1) is 22.8. The predicted octanol–water partition coefficient (Wildman–Crippen LogP) is 3.71. The number of benzene rings is 1. The Morgan fingerprint density at radius 3 is 2.50 bits per heavy atom. The summed E-state index contributed by atoms with van der Waals surface area (Å²) in [5.74, 6) is 1.54. The van der Waals surface area contributed by atoms with Crippen molar-refractivity contribution in [3.63, 3.8) is 0 Å². The molecule has 2 fully saturated rings. The topological polar surface area (TPSA) is 76.9 Å². The largest absolute Gasteiger partial charge is 0.496 e. The van der Waals surface area contributed by atoms with Gasteiger partial charge in [0.05, 0.1) is 25.9 Å². The van der Waals surface area contributed by atoms with Crippen LogP contribution in [0.5, 0.6) is 17.6 Å². The molecule has 1 aliphatic heterocycles. The average molecular weight is 442 g/mol. The van der Waals surface area contributed by atoms with Gasteiger partial charge in [0, 0.05) is 43.2 Å². The Morgan fingerprint density at radius 2 is 1.84 bits per heavy atom. The quantitative estimate of drug-likeness (QED) is 0.669. The number of likely N-dealkylation sites (tertiary alicyclic amines) is 1. The molecular formula is C25H35N3O4. The first-order valence-electron chi connectivity index (χ1n) is 11.7. The monoisotopic (exact) mass is 441 g/mol. The maximum atomic E-state index is 12.1. The molecule has 7 heteroatoms. The molecule has 2 heterocycles. The summed E-state index contributed by atoms with van der Waals surface area (Å²) in [5.41, 5.74) is 2.11. The van der Waals surface area contributed by atoms with E-state index in [0.29, 0.717) is 24.7 Å². The fraction of sp³-hybridized carbons (Fsp3) is 0.600. The van der Waals surface area contributed by atoms with Crippen molar-refractivity contribution in [3.8, 4) is 17.6 Å². The lowest BCUT2D eigenvalue weighted by Crippen LogP contribution is -2.58. The van der Waals surface area contributed by atoms with E-state index < -0.39 is 5.60 Å². The number of rotatable bonds is 8. The first-order chi connectivity index (χ1) is 15.5. The second kappa shape index (κ2) is 9.63. The van der Waals surface area contributed by atoms with Crippen molar-refractivity contribution in [3.05, 3.63) is 41.1 Å². The highest BCUT2D eigenvalue weighted by Crippen LogP contribution is 2.51. The van der Waals surface area contributed by atoms with Crippen molar-refractivity contribution < 1.29 is 19.3 Å². The van der Waals surface area contributed by atoms with Crippen LogP contribution in [0.2, 0.25) is 0 Å². The Kier molecular flexibility index (Phi) is 6.86. The third kappa shape index (κ3) is 4.28. The number of nitrogens with zero attached hydrogens (tertiary/aromatic N) is 3. The minimum absolute atomic E-state index is 0.0894. The lowest BCUT2D eigenvalue weighted by molar-refractivity contribution is -0.150. The maximum Gasteiger partial charge on any atom is 0.319 e. The van der Waals surface area contributed by atoms with Crippen LogP contribution in [0.3, 0.4) is 0 Å². The van der Waals surface area contributed by atoms with Crippen LogP contribution in [0.25, 0.3) is 0 Å². The number of aliphatic hydroxyl groups is 1. The smallest absolute Gasteiger partial charge is 0.319 e. The molecule has 1 saturated heterocycles. The molecule has 0 unspecified atom stereocenters. The predicted molar refractivity (Wildman–Crippen MR) is 122 cm³/mol. The Morgan fingerprint density at radius 1 is 1.12 bits per heavy atom. The van der Waals surface area contributed by atoms with Crippen LogP contribution < -0.4 is 14.2 Å². The summed E-state index contributed by atoms with van der Waals surface area (Å²) in [4.78, 5) is 11.3. The number of hydrogen-bond donors (Lipinski definition) is 1. The number of methoxy groups -OCH3 is 1. The van der Waals surface area contributed by atoms with E-state index in [-0.39, 0.29) is 17.8 Å². The highest BCUT2D eigenvalue weighted by Gasteiger charge is 2.53. The third-order valence-electron chi connectivity index (χ3n) is 6.85. The van der Waals surface area contributed by atoms with Crippen LogP contribution in [0.15, 0.2) is 24.4 Å². The molecule has 32 heavy (non-hydrogen) atoms. The van der Waals surface area contributed by atoms with Crippen LogP contribution in [-0.2, 0) is 12.1 Å². The van der Waals surface area contributed by atoms with Crippen molar-refractivity contribution in [1.29, 1.82) is 0 Å². The van der Waals surface area contributed by atoms with E-state index in [1.54, 1.807) is 13.3 Å². The Hall–Kier alpha value is -2.38. The molecule has 2 aliphatic rings. The molecule has 0 radical (unpaired) electrons. The average Bonchev–Trinajstić information content (AvgIpc) is 2.75. The van der Waals surface area contributed by atoms with E-state index in [2.05, 4.69) is 33.9 Å². The van der Waals surface area contributed by atoms with Crippen LogP contribution >= 0.6 is 0 Å². The van der Waals surface area contributed by atoms with E-state index in [1.807, 2.05) is 19.9 Å². The van der Waals surface area contributed by atoms with Crippen LogP contribution in [-0.4, -0.2) is 53.4 Å². The van der Waals surface area contributed by atoms with Gasteiger partial charge in [0.15, 0.2) is 0 Å². The van der Waals surface area contributed by atoms with E-state index in [9.17, 15) is 5.11 Å².